The molecule has 0 saturated carbocycles. The number of rotatable bonds is 2. The molecule has 2 nitrogen and oxygen atoms in total. The van der Waals surface area contributed by atoms with E-state index in [4.69, 9.17) is 11.6 Å². The quantitative estimate of drug-likeness (QED) is 0.581. The molecule has 0 radical (unpaired) electrons. The third-order valence-electron chi connectivity index (χ3n) is 1.63. The summed E-state index contributed by atoms with van der Waals surface area (Å²) in [6.07, 6.45) is 1.70. The Morgan fingerprint density at radius 1 is 1.57 bits per heavy atom. The average Bonchev–Trinajstić information content (AvgIpc) is 2.19. The van der Waals surface area contributed by atoms with Crippen molar-refractivity contribution < 1.29 is 13.9 Å². The fourth-order valence-electron chi connectivity index (χ4n) is 0.971. The Bertz CT molecular complexity index is 368. The third kappa shape index (κ3) is 2.19. The lowest BCUT2D eigenvalue weighted by molar-refractivity contribution is 0.0595. The van der Waals surface area contributed by atoms with Gasteiger partial charge in [-0.2, -0.15) is 0 Å². The molecule has 0 unspecified atom stereocenters. The molecule has 0 amide bonds. The van der Waals surface area contributed by atoms with Crippen molar-refractivity contribution in [2.75, 3.05) is 13.4 Å². The van der Waals surface area contributed by atoms with Gasteiger partial charge in [-0.1, -0.05) is 11.6 Å². The number of methoxy groups -OCH3 is 1. The Kier molecular flexibility index (Phi) is 3.77. The van der Waals surface area contributed by atoms with Crippen LogP contribution in [0.3, 0.4) is 0 Å². The summed E-state index contributed by atoms with van der Waals surface area (Å²) < 4.78 is 17.9. The van der Waals surface area contributed by atoms with Gasteiger partial charge in [-0.25, -0.2) is 9.18 Å². The Labute approximate surface area is 90.4 Å². The van der Waals surface area contributed by atoms with E-state index in [1.54, 1.807) is 6.26 Å². The molecule has 1 rings (SSSR count). The molecule has 0 atom stereocenters. The van der Waals surface area contributed by atoms with Crippen LogP contribution >= 0.6 is 23.4 Å². The Balaban J connectivity index is 3.29. The van der Waals surface area contributed by atoms with Crippen LogP contribution in [0.5, 0.6) is 0 Å². The summed E-state index contributed by atoms with van der Waals surface area (Å²) in [5.74, 6) is -1.31. The highest BCUT2D eigenvalue weighted by atomic mass is 35.5. The van der Waals surface area contributed by atoms with Gasteiger partial charge in [0.15, 0.2) is 5.82 Å². The second-order valence-electron chi connectivity index (χ2n) is 2.46. The van der Waals surface area contributed by atoms with E-state index >= 15 is 0 Å². The first-order chi connectivity index (χ1) is 6.60. The zero-order chi connectivity index (χ0) is 10.7. The highest BCUT2D eigenvalue weighted by molar-refractivity contribution is 7.98. The first kappa shape index (κ1) is 11.3. The monoisotopic (exact) mass is 234 g/mol. The molecule has 76 valence electrons. The maximum absolute atomic E-state index is 13.5. The molecule has 1 aromatic rings. The molecular formula is C9H8ClFO2S. The van der Waals surface area contributed by atoms with Gasteiger partial charge in [0, 0.05) is 9.92 Å². The van der Waals surface area contributed by atoms with Crippen LogP contribution in [0.15, 0.2) is 17.0 Å². The summed E-state index contributed by atoms with van der Waals surface area (Å²) in [6.45, 7) is 0. The number of carbonyl (C=O) groups excluding carboxylic acids is 1. The van der Waals surface area contributed by atoms with Gasteiger partial charge in [-0.3, -0.25) is 0 Å². The van der Waals surface area contributed by atoms with Crippen molar-refractivity contribution >= 4 is 29.3 Å². The Morgan fingerprint density at radius 3 is 2.71 bits per heavy atom. The molecule has 0 aliphatic rings. The SMILES string of the molecule is COC(=O)c1cc(Cl)cc(SC)c1F. The molecule has 0 N–H and O–H groups in total. The zero-order valence-electron chi connectivity index (χ0n) is 7.64. The number of hydrogen-bond donors (Lipinski definition) is 0. The fourth-order valence-corrected chi connectivity index (χ4v) is 1.79. The standard InChI is InChI=1S/C9H8ClFO2S/c1-13-9(12)6-3-5(10)4-7(14-2)8(6)11/h3-4H,1-2H3. The lowest BCUT2D eigenvalue weighted by atomic mass is 10.2. The van der Waals surface area contributed by atoms with E-state index in [0.717, 1.165) is 0 Å². The van der Waals surface area contributed by atoms with E-state index < -0.39 is 11.8 Å². The molecule has 0 aliphatic carbocycles. The predicted molar refractivity (Wildman–Crippen MR) is 54.5 cm³/mol. The number of halogens is 2. The van der Waals surface area contributed by atoms with Crippen LogP contribution in [0.4, 0.5) is 4.39 Å². The van der Waals surface area contributed by atoms with Gasteiger partial charge in [-0.15, -0.1) is 11.8 Å². The third-order valence-corrected chi connectivity index (χ3v) is 2.58. The van der Waals surface area contributed by atoms with Crippen molar-refractivity contribution in [2.24, 2.45) is 0 Å². The Morgan fingerprint density at radius 2 is 2.21 bits per heavy atom. The lowest BCUT2D eigenvalue weighted by Crippen LogP contribution is -2.05. The average molecular weight is 235 g/mol. The molecule has 0 saturated heterocycles. The minimum atomic E-state index is -0.722. The second kappa shape index (κ2) is 4.66. The van der Waals surface area contributed by atoms with Gasteiger partial charge in [0.05, 0.1) is 12.7 Å². The summed E-state index contributed by atoms with van der Waals surface area (Å²) in [7, 11) is 1.20. The first-order valence-electron chi connectivity index (χ1n) is 3.71. The van der Waals surface area contributed by atoms with Gasteiger partial charge in [0.2, 0.25) is 0 Å². The fraction of sp³-hybridized carbons (Fsp3) is 0.222. The van der Waals surface area contributed by atoms with Crippen molar-refractivity contribution in [1.82, 2.24) is 0 Å². The highest BCUT2D eigenvalue weighted by Gasteiger charge is 2.16. The van der Waals surface area contributed by atoms with Gasteiger partial charge in [0.1, 0.15) is 0 Å². The van der Waals surface area contributed by atoms with Gasteiger partial charge >= 0.3 is 5.97 Å². The van der Waals surface area contributed by atoms with Crippen LogP contribution in [-0.2, 0) is 4.74 Å². The molecule has 1 aromatic carbocycles. The van der Waals surface area contributed by atoms with Crippen molar-refractivity contribution in [2.45, 2.75) is 4.90 Å². The molecule has 0 fully saturated rings. The number of hydrogen-bond acceptors (Lipinski definition) is 3. The minimum Gasteiger partial charge on any atom is -0.465 e. The summed E-state index contributed by atoms with van der Waals surface area (Å²) in [4.78, 5) is 11.5. The van der Waals surface area contributed by atoms with Crippen LogP contribution in [0.25, 0.3) is 0 Å². The molecule has 0 aromatic heterocycles. The maximum Gasteiger partial charge on any atom is 0.340 e. The zero-order valence-corrected chi connectivity index (χ0v) is 9.21. The molecular weight excluding hydrogens is 227 g/mol. The highest BCUT2D eigenvalue weighted by Crippen LogP contribution is 2.26. The van der Waals surface area contributed by atoms with Crippen LogP contribution in [-0.4, -0.2) is 19.3 Å². The second-order valence-corrected chi connectivity index (χ2v) is 3.75. The van der Waals surface area contributed by atoms with E-state index in [0.29, 0.717) is 9.92 Å². The van der Waals surface area contributed by atoms with Crippen LogP contribution in [0.1, 0.15) is 10.4 Å². The van der Waals surface area contributed by atoms with Gasteiger partial charge in [-0.05, 0) is 18.4 Å². The topological polar surface area (TPSA) is 26.3 Å². The maximum atomic E-state index is 13.5. The Hall–Kier alpha value is -0.740. The van der Waals surface area contributed by atoms with Crippen molar-refractivity contribution in [3.8, 4) is 0 Å². The molecule has 0 bridgehead atoms. The molecule has 0 aliphatic heterocycles. The van der Waals surface area contributed by atoms with E-state index in [9.17, 15) is 9.18 Å². The van der Waals surface area contributed by atoms with E-state index in [1.165, 1.54) is 31.0 Å². The molecule has 14 heavy (non-hydrogen) atoms. The minimum absolute atomic E-state index is 0.135. The first-order valence-corrected chi connectivity index (χ1v) is 5.31. The van der Waals surface area contributed by atoms with Gasteiger partial charge in [0.25, 0.3) is 0 Å². The number of ether oxygens (including phenoxy) is 1. The van der Waals surface area contributed by atoms with E-state index in [2.05, 4.69) is 4.74 Å². The van der Waals surface area contributed by atoms with Crippen molar-refractivity contribution in [1.29, 1.82) is 0 Å². The molecule has 5 heteroatoms. The number of carbonyl (C=O) groups is 1. The number of thioether (sulfide) groups is 1. The smallest absolute Gasteiger partial charge is 0.340 e. The molecule has 0 heterocycles. The van der Waals surface area contributed by atoms with E-state index in [1.807, 2.05) is 0 Å². The van der Waals surface area contributed by atoms with Crippen molar-refractivity contribution in [3.63, 3.8) is 0 Å². The largest absolute Gasteiger partial charge is 0.465 e. The van der Waals surface area contributed by atoms with E-state index in [-0.39, 0.29) is 5.56 Å². The normalized spacial score (nSPS) is 10.0. The number of benzene rings is 1. The van der Waals surface area contributed by atoms with Crippen molar-refractivity contribution in [3.05, 3.63) is 28.5 Å². The van der Waals surface area contributed by atoms with Crippen LogP contribution in [0.2, 0.25) is 5.02 Å². The van der Waals surface area contributed by atoms with Crippen LogP contribution in [0, 0.1) is 5.82 Å². The predicted octanol–water partition coefficient (Wildman–Crippen LogP) is 2.99. The summed E-state index contributed by atoms with van der Waals surface area (Å²) >= 11 is 6.90. The molecule has 0 spiro atoms. The summed E-state index contributed by atoms with van der Waals surface area (Å²) in [5.41, 5.74) is -0.135. The number of esters is 1. The van der Waals surface area contributed by atoms with Crippen LogP contribution < -0.4 is 0 Å². The van der Waals surface area contributed by atoms with Gasteiger partial charge < -0.3 is 4.74 Å². The lowest BCUT2D eigenvalue weighted by Gasteiger charge is -2.05. The summed E-state index contributed by atoms with van der Waals surface area (Å²) in [5, 5.41) is 0.316. The summed E-state index contributed by atoms with van der Waals surface area (Å²) in [6, 6.07) is 2.72.